The molecule has 4 heteroatoms. The second kappa shape index (κ2) is 5.01. The Morgan fingerprint density at radius 2 is 1.75 bits per heavy atom. The molecule has 3 rings (SSSR count). The molecule has 0 aliphatic rings. The Hall–Kier alpha value is -2.88. The van der Waals surface area contributed by atoms with Gasteiger partial charge in [-0.3, -0.25) is 4.79 Å². The molecule has 1 N–H and O–H groups in total. The van der Waals surface area contributed by atoms with Crippen molar-refractivity contribution in [3.05, 3.63) is 70.3 Å². The number of nitrogens with zero attached hydrogens (tertiary/aromatic N) is 1. The third-order valence-electron chi connectivity index (χ3n) is 2.89. The van der Waals surface area contributed by atoms with Gasteiger partial charge in [-0.2, -0.15) is 4.98 Å². The lowest BCUT2D eigenvalue weighted by Crippen LogP contribution is -2.06. The van der Waals surface area contributed by atoms with E-state index in [0.29, 0.717) is 16.5 Å². The van der Waals surface area contributed by atoms with Crippen LogP contribution in [0.2, 0.25) is 0 Å². The molecule has 0 fully saturated rings. The number of aromatic hydroxyl groups is 1. The number of fused-ring (bicyclic) bond motifs is 1. The van der Waals surface area contributed by atoms with Crippen molar-refractivity contribution in [2.75, 3.05) is 0 Å². The summed E-state index contributed by atoms with van der Waals surface area (Å²) in [5.41, 5.74) is 0.790. The Kier molecular flexibility index (Phi) is 3.05. The van der Waals surface area contributed by atoms with Gasteiger partial charge < -0.3 is 9.52 Å². The van der Waals surface area contributed by atoms with Gasteiger partial charge in [-0.25, -0.2) is 0 Å². The summed E-state index contributed by atoms with van der Waals surface area (Å²) < 4.78 is 5.52. The van der Waals surface area contributed by atoms with Gasteiger partial charge in [0.05, 0.1) is 5.39 Å². The minimum absolute atomic E-state index is 0.159. The number of rotatable bonds is 2. The smallest absolute Gasteiger partial charge is 0.284 e. The molecule has 3 aromatic rings. The zero-order valence-corrected chi connectivity index (χ0v) is 10.5. The summed E-state index contributed by atoms with van der Waals surface area (Å²) in [6.07, 6.45) is 3.21. The number of hydrogen-bond donors (Lipinski definition) is 1. The van der Waals surface area contributed by atoms with Crippen LogP contribution >= 0.6 is 0 Å². The van der Waals surface area contributed by atoms with Crippen LogP contribution in [0.3, 0.4) is 0 Å². The van der Waals surface area contributed by atoms with Crippen molar-refractivity contribution in [1.29, 1.82) is 0 Å². The molecule has 0 aliphatic carbocycles. The highest BCUT2D eigenvalue weighted by Gasteiger charge is 2.03. The Bertz CT molecular complexity index is 849. The van der Waals surface area contributed by atoms with E-state index in [4.69, 9.17) is 4.42 Å². The van der Waals surface area contributed by atoms with Gasteiger partial charge in [0.15, 0.2) is 0 Å². The zero-order valence-electron chi connectivity index (χ0n) is 10.5. The van der Waals surface area contributed by atoms with Gasteiger partial charge >= 0.3 is 0 Å². The van der Waals surface area contributed by atoms with Crippen LogP contribution in [0.5, 0.6) is 5.75 Å². The predicted octanol–water partition coefficient (Wildman–Crippen LogP) is 3.06. The minimum Gasteiger partial charge on any atom is -0.507 e. The maximum absolute atomic E-state index is 11.8. The molecule has 0 aliphatic heterocycles. The summed E-state index contributed by atoms with van der Waals surface area (Å²) in [4.78, 5) is 15.7. The summed E-state index contributed by atoms with van der Waals surface area (Å²) in [6.45, 7) is 0. The molecule has 0 unspecified atom stereocenters. The highest BCUT2D eigenvalue weighted by atomic mass is 16.3. The van der Waals surface area contributed by atoms with Crippen molar-refractivity contribution < 1.29 is 9.52 Å². The monoisotopic (exact) mass is 265 g/mol. The lowest BCUT2D eigenvalue weighted by molar-refractivity contribution is 0.474. The molecule has 0 amide bonds. The maximum atomic E-state index is 11.8. The molecule has 1 aromatic heterocycles. The van der Waals surface area contributed by atoms with Crippen molar-refractivity contribution in [2.45, 2.75) is 0 Å². The van der Waals surface area contributed by atoms with Crippen molar-refractivity contribution in [3.8, 4) is 5.75 Å². The van der Waals surface area contributed by atoms with Crippen molar-refractivity contribution in [2.24, 2.45) is 0 Å². The summed E-state index contributed by atoms with van der Waals surface area (Å²) in [5.74, 6) is 0.365. The number of phenols is 1. The topological polar surface area (TPSA) is 63.3 Å². The van der Waals surface area contributed by atoms with Crippen LogP contribution in [0.4, 0.5) is 0 Å². The summed E-state index contributed by atoms with van der Waals surface area (Å²) >= 11 is 0. The first-order valence-corrected chi connectivity index (χ1v) is 6.10. The van der Waals surface area contributed by atoms with Gasteiger partial charge in [0.1, 0.15) is 11.3 Å². The van der Waals surface area contributed by atoms with Gasteiger partial charge in [0, 0.05) is 11.6 Å². The summed E-state index contributed by atoms with van der Waals surface area (Å²) in [7, 11) is 0. The van der Waals surface area contributed by atoms with Crippen LogP contribution < -0.4 is 5.56 Å². The molecule has 2 aromatic carbocycles. The third-order valence-corrected chi connectivity index (χ3v) is 2.89. The van der Waals surface area contributed by atoms with Crippen LogP contribution in [-0.4, -0.2) is 10.1 Å². The van der Waals surface area contributed by atoms with Crippen LogP contribution in [0.25, 0.3) is 23.1 Å². The van der Waals surface area contributed by atoms with Gasteiger partial charge in [-0.15, -0.1) is 0 Å². The molecule has 0 radical (unpaired) electrons. The largest absolute Gasteiger partial charge is 0.507 e. The highest BCUT2D eigenvalue weighted by molar-refractivity contribution is 5.76. The highest BCUT2D eigenvalue weighted by Crippen LogP contribution is 2.18. The molecular weight excluding hydrogens is 254 g/mol. The quantitative estimate of drug-likeness (QED) is 0.773. The summed E-state index contributed by atoms with van der Waals surface area (Å²) in [5, 5.41) is 10.1. The number of hydrogen-bond acceptors (Lipinski definition) is 4. The van der Waals surface area contributed by atoms with E-state index in [9.17, 15) is 9.90 Å². The van der Waals surface area contributed by atoms with Crippen LogP contribution in [-0.2, 0) is 0 Å². The fourth-order valence-corrected chi connectivity index (χ4v) is 1.89. The first kappa shape index (κ1) is 12.2. The van der Waals surface area contributed by atoms with Crippen LogP contribution in [0.1, 0.15) is 11.5 Å². The van der Waals surface area contributed by atoms with E-state index >= 15 is 0 Å². The van der Waals surface area contributed by atoms with Gasteiger partial charge in [0.2, 0.25) is 5.89 Å². The first-order chi connectivity index (χ1) is 9.74. The maximum Gasteiger partial charge on any atom is 0.284 e. The number of benzene rings is 2. The van der Waals surface area contributed by atoms with Gasteiger partial charge in [-0.05, 0) is 24.3 Å². The van der Waals surface area contributed by atoms with Crippen LogP contribution in [0.15, 0.2) is 57.7 Å². The van der Waals surface area contributed by atoms with E-state index in [2.05, 4.69) is 4.98 Å². The van der Waals surface area contributed by atoms with Crippen molar-refractivity contribution in [1.82, 2.24) is 4.98 Å². The second-order valence-electron chi connectivity index (χ2n) is 4.25. The lowest BCUT2D eigenvalue weighted by atomic mass is 10.2. The van der Waals surface area contributed by atoms with Crippen molar-refractivity contribution >= 4 is 23.1 Å². The number of phenolic OH excluding ortho intramolecular Hbond substituents is 1. The van der Waals surface area contributed by atoms with E-state index < -0.39 is 0 Å². The summed E-state index contributed by atoms with van der Waals surface area (Å²) in [6, 6.07) is 13.8. The number of para-hydroxylation sites is 2. The zero-order chi connectivity index (χ0) is 13.9. The average Bonchev–Trinajstić information content (AvgIpc) is 2.46. The Balaban J connectivity index is 2.04. The molecule has 98 valence electrons. The minimum atomic E-state index is -0.330. The fourth-order valence-electron chi connectivity index (χ4n) is 1.89. The molecule has 20 heavy (non-hydrogen) atoms. The van der Waals surface area contributed by atoms with Gasteiger partial charge in [0.25, 0.3) is 5.56 Å². The molecule has 1 heterocycles. The SMILES string of the molecule is O=c1nc(/C=C/c2ccccc2O)oc2ccccc12. The standard InChI is InChI=1S/C16H11NO3/c18-13-7-3-1-5-11(13)9-10-15-17-16(19)12-6-2-4-8-14(12)20-15/h1-10,18H/b10-9+. The van der Waals surface area contributed by atoms with E-state index in [1.807, 2.05) is 6.07 Å². The lowest BCUT2D eigenvalue weighted by Gasteiger charge is -1.98. The molecule has 4 nitrogen and oxygen atoms in total. The predicted molar refractivity (Wildman–Crippen MR) is 77.3 cm³/mol. The average molecular weight is 265 g/mol. The third kappa shape index (κ3) is 2.31. The molecule has 0 saturated heterocycles. The Labute approximate surface area is 114 Å². The molecule has 0 atom stereocenters. The van der Waals surface area contributed by atoms with E-state index in [1.165, 1.54) is 0 Å². The van der Waals surface area contributed by atoms with E-state index in [1.54, 1.807) is 54.6 Å². The van der Waals surface area contributed by atoms with E-state index in [0.717, 1.165) is 0 Å². The van der Waals surface area contributed by atoms with Gasteiger partial charge in [-0.1, -0.05) is 30.3 Å². The normalized spacial score (nSPS) is 11.2. The molecule has 0 bridgehead atoms. The number of aromatic nitrogens is 1. The Morgan fingerprint density at radius 1 is 1.00 bits per heavy atom. The molecular formula is C16H11NO3. The molecule has 0 saturated carbocycles. The molecule has 0 spiro atoms. The fraction of sp³-hybridized carbons (Fsp3) is 0. The van der Waals surface area contributed by atoms with Crippen LogP contribution in [0, 0.1) is 0 Å². The van der Waals surface area contributed by atoms with Crippen molar-refractivity contribution in [3.63, 3.8) is 0 Å². The first-order valence-electron chi connectivity index (χ1n) is 6.10. The Morgan fingerprint density at radius 3 is 2.60 bits per heavy atom. The van der Waals surface area contributed by atoms with E-state index in [-0.39, 0.29) is 17.2 Å². The second-order valence-corrected chi connectivity index (χ2v) is 4.25.